The molecule has 9 heteroatoms. The number of nitrogens with zero attached hydrogens (tertiary/aromatic N) is 3. The first-order chi connectivity index (χ1) is 9.13. The highest BCUT2D eigenvalue weighted by Crippen LogP contribution is 2.10. The maximum atomic E-state index is 11.5. The van der Waals surface area contributed by atoms with E-state index in [2.05, 4.69) is 19.9 Å². The summed E-state index contributed by atoms with van der Waals surface area (Å²) in [7, 11) is 1.53. The number of ether oxygens (including phenoxy) is 1. The molecule has 1 aromatic rings. The number of anilines is 1. The Labute approximate surface area is 112 Å². The van der Waals surface area contributed by atoms with Gasteiger partial charge in [0.05, 0.1) is 6.61 Å². The number of hydrogen-bond donors (Lipinski definition) is 2. The molecule has 19 heavy (non-hydrogen) atoms. The van der Waals surface area contributed by atoms with Crippen molar-refractivity contribution in [3.63, 3.8) is 0 Å². The van der Waals surface area contributed by atoms with E-state index in [4.69, 9.17) is 9.29 Å². The van der Waals surface area contributed by atoms with Gasteiger partial charge in [0.2, 0.25) is 10.0 Å². The lowest BCUT2D eigenvalue weighted by atomic mass is 10.2. The Kier molecular flexibility index (Phi) is 6.55. The summed E-state index contributed by atoms with van der Waals surface area (Å²) in [6, 6.07) is 5.90. The SMILES string of the molecule is COCCN=[N+]=NC(=O)c1ccc(NS(=O)O)cc1. The molecule has 0 radical (unpaired) electrons. The Morgan fingerprint density at radius 1 is 1.47 bits per heavy atom. The van der Waals surface area contributed by atoms with Crippen LogP contribution in [0.4, 0.5) is 5.69 Å². The van der Waals surface area contributed by atoms with Crippen LogP contribution in [0.15, 0.2) is 34.5 Å². The zero-order valence-electron chi connectivity index (χ0n) is 10.1. The van der Waals surface area contributed by atoms with Gasteiger partial charge < -0.3 is 4.74 Å². The van der Waals surface area contributed by atoms with Crippen molar-refractivity contribution < 1.29 is 18.3 Å². The minimum absolute atomic E-state index is 0.306. The summed E-state index contributed by atoms with van der Waals surface area (Å²) in [6.07, 6.45) is 0. The molecular formula is C10H13N4O4S+. The number of nitrogens with one attached hydrogen (secondary N) is 1. The van der Waals surface area contributed by atoms with Crippen LogP contribution in [0.5, 0.6) is 0 Å². The highest BCUT2D eigenvalue weighted by Gasteiger charge is 2.09. The van der Waals surface area contributed by atoms with Crippen molar-refractivity contribution >= 4 is 22.9 Å². The van der Waals surface area contributed by atoms with Gasteiger partial charge in [-0.1, -0.05) is 0 Å². The van der Waals surface area contributed by atoms with E-state index < -0.39 is 17.2 Å². The molecular weight excluding hydrogens is 272 g/mol. The van der Waals surface area contributed by atoms with Crippen molar-refractivity contribution in [2.45, 2.75) is 0 Å². The summed E-state index contributed by atoms with van der Waals surface area (Å²) < 4.78 is 26.1. The Morgan fingerprint density at radius 2 is 2.16 bits per heavy atom. The van der Waals surface area contributed by atoms with Crippen molar-refractivity contribution in [2.24, 2.45) is 10.2 Å². The van der Waals surface area contributed by atoms with Gasteiger partial charge in [-0.05, 0) is 24.3 Å². The van der Waals surface area contributed by atoms with Crippen molar-refractivity contribution in [3.05, 3.63) is 29.8 Å². The molecule has 0 aliphatic carbocycles. The van der Waals surface area contributed by atoms with Gasteiger partial charge in [-0.3, -0.25) is 14.1 Å². The average Bonchev–Trinajstić information content (AvgIpc) is 2.38. The van der Waals surface area contributed by atoms with E-state index >= 15 is 0 Å². The molecule has 102 valence electrons. The smallest absolute Gasteiger partial charge is 0.360 e. The molecule has 8 nitrogen and oxygen atoms in total. The number of hydrogen-bond acceptors (Lipinski definition) is 4. The summed E-state index contributed by atoms with van der Waals surface area (Å²) >= 11 is -2.15. The minimum Gasteiger partial charge on any atom is -0.382 e. The van der Waals surface area contributed by atoms with Crippen LogP contribution < -0.4 is 9.63 Å². The molecule has 1 amide bonds. The Bertz CT molecular complexity index is 511. The van der Waals surface area contributed by atoms with Gasteiger partial charge in [0, 0.05) is 18.4 Å². The van der Waals surface area contributed by atoms with Gasteiger partial charge in [-0.15, -0.1) is 0 Å². The zero-order chi connectivity index (χ0) is 14.1. The van der Waals surface area contributed by atoms with E-state index in [9.17, 15) is 9.00 Å². The van der Waals surface area contributed by atoms with Gasteiger partial charge in [0.25, 0.3) is 11.3 Å². The number of carbonyl (C=O) groups is 1. The highest BCUT2D eigenvalue weighted by atomic mass is 32.2. The third-order valence-electron chi connectivity index (χ3n) is 1.93. The molecule has 0 aliphatic heterocycles. The van der Waals surface area contributed by atoms with Gasteiger partial charge in [-0.25, -0.2) is 4.21 Å². The van der Waals surface area contributed by atoms with Crippen LogP contribution in [0.3, 0.4) is 0 Å². The first-order valence-corrected chi connectivity index (χ1v) is 6.32. The molecule has 0 saturated carbocycles. The fraction of sp³-hybridized carbons (Fsp3) is 0.300. The van der Waals surface area contributed by atoms with E-state index in [0.29, 0.717) is 24.4 Å². The topological polar surface area (TPSA) is 114 Å². The van der Waals surface area contributed by atoms with Crippen LogP contribution in [-0.2, 0) is 16.0 Å². The molecule has 0 bridgehead atoms. The largest absolute Gasteiger partial charge is 0.382 e. The molecule has 1 atom stereocenters. The van der Waals surface area contributed by atoms with Crippen LogP contribution in [0.2, 0.25) is 0 Å². The maximum absolute atomic E-state index is 11.5. The lowest BCUT2D eigenvalue weighted by Gasteiger charge is -1.99. The molecule has 1 aromatic carbocycles. The molecule has 1 rings (SSSR count). The minimum atomic E-state index is -2.15. The molecule has 0 saturated heterocycles. The number of carbonyl (C=O) groups excluding carboxylic acids is 1. The molecule has 2 N–H and O–H groups in total. The average molecular weight is 285 g/mol. The van der Waals surface area contributed by atoms with E-state index in [1.165, 1.54) is 31.4 Å². The number of methoxy groups -OCH3 is 1. The standard InChI is InChI=1S/C10H12N4O4S/c1-18-7-6-11-14-12-10(15)8-2-4-9(5-3-8)13-19(16)17/h2-5H,6-7H2,1H3,(H-,13,15,16,17)/p+1. The van der Waals surface area contributed by atoms with E-state index in [0.717, 1.165) is 0 Å². The van der Waals surface area contributed by atoms with Crippen LogP contribution in [0, 0.1) is 0 Å². The molecule has 0 fully saturated rings. The fourth-order valence-corrected chi connectivity index (χ4v) is 1.43. The predicted octanol–water partition coefficient (Wildman–Crippen LogP) is 0.993. The summed E-state index contributed by atoms with van der Waals surface area (Å²) in [4.78, 5) is 14.9. The quantitative estimate of drug-likeness (QED) is 0.351. The van der Waals surface area contributed by atoms with E-state index in [1.54, 1.807) is 0 Å². The maximum Gasteiger partial charge on any atom is 0.360 e. The Hall–Kier alpha value is -1.93. The first kappa shape index (κ1) is 15.1. The molecule has 0 aromatic heterocycles. The number of rotatable bonds is 6. The van der Waals surface area contributed by atoms with Crippen molar-refractivity contribution in [3.8, 4) is 0 Å². The fourth-order valence-electron chi connectivity index (χ4n) is 1.09. The highest BCUT2D eigenvalue weighted by molar-refractivity contribution is 7.80. The summed E-state index contributed by atoms with van der Waals surface area (Å²) in [5.74, 6) is -0.544. The third kappa shape index (κ3) is 5.98. The molecule has 1 unspecified atom stereocenters. The van der Waals surface area contributed by atoms with E-state index in [-0.39, 0.29) is 0 Å². The first-order valence-electron chi connectivity index (χ1n) is 5.22. The third-order valence-corrected chi connectivity index (χ3v) is 2.34. The molecule has 0 spiro atoms. The van der Waals surface area contributed by atoms with Gasteiger partial charge >= 0.3 is 5.91 Å². The van der Waals surface area contributed by atoms with Gasteiger partial charge in [0.15, 0.2) is 0 Å². The van der Waals surface area contributed by atoms with Crippen LogP contribution in [0.1, 0.15) is 10.4 Å². The van der Waals surface area contributed by atoms with Crippen molar-refractivity contribution in [2.75, 3.05) is 25.0 Å². The summed E-state index contributed by atoms with van der Waals surface area (Å²) in [6.45, 7) is 0.740. The number of amides is 1. The van der Waals surface area contributed by atoms with Gasteiger partial charge in [-0.2, -0.15) is 0 Å². The summed E-state index contributed by atoms with van der Waals surface area (Å²) in [5.41, 5.74) is 0.721. The lowest BCUT2D eigenvalue weighted by molar-refractivity contribution is 0.0992. The predicted molar refractivity (Wildman–Crippen MR) is 68.9 cm³/mol. The second-order valence-corrected chi connectivity index (χ2v) is 3.98. The normalized spacial score (nSPS) is 11.3. The zero-order valence-corrected chi connectivity index (χ0v) is 11.0. The summed E-state index contributed by atoms with van der Waals surface area (Å²) in [5, 5.41) is 7.00. The number of benzene rings is 1. The van der Waals surface area contributed by atoms with Gasteiger partial charge in [0.1, 0.15) is 11.7 Å². The molecule has 0 heterocycles. The Morgan fingerprint density at radius 3 is 2.74 bits per heavy atom. The van der Waals surface area contributed by atoms with Crippen molar-refractivity contribution in [1.29, 1.82) is 0 Å². The van der Waals surface area contributed by atoms with Crippen molar-refractivity contribution in [1.82, 2.24) is 4.91 Å². The second-order valence-electron chi connectivity index (χ2n) is 3.28. The van der Waals surface area contributed by atoms with Crippen LogP contribution in [-0.4, -0.2) is 34.9 Å². The van der Waals surface area contributed by atoms with Crippen LogP contribution in [0.25, 0.3) is 0 Å². The Balaban J connectivity index is 2.62. The second kappa shape index (κ2) is 8.22. The monoisotopic (exact) mass is 285 g/mol. The molecule has 0 aliphatic rings. The van der Waals surface area contributed by atoms with E-state index in [1.807, 2.05) is 0 Å². The van der Waals surface area contributed by atoms with Crippen LogP contribution >= 0.6 is 0 Å². The lowest BCUT2D eigenvalue weighted by Crippen LogP contribution is -2.02.